The van der Waals surface area contributed by atoms with Gasteiger partial charge in [-0.2, -0.15) is 0 Å². The van der Waals surface area contributed by atoms with E-state index in [1.807, 2.05) is 13.8 Å². The summed E-state index contributed by atoms with van der Waals surface area (Å²) in [6.45, 7) is 3.77. The van der Waals surface area contributed by atoms with Crippen molar-refractivity contribution in [2.75, 3.05) is 5.43 Å². The summed E-state index contributed by atoms with van der Waals surface area (Å²) in [6.07, 6.45) is 1.43. The molecule has 19 heavy (non-hydrogen) atoms. The Kier molecular flexibility index (Phi) is 4.08. The Bertz CT molecular complexity index is 638. The maximum Gasteiger partial charge on any atom is 0.344 e. The highest BCUT2D eigenvalue weighted by atomic mass is 35.5. The number of H-pyrrole nitrogens is 1. The second kappa shape index (κ2) is 5.59. The van der Waals surface area contributed by atoms with Gasteiger partial charge in [-0.1, -0.05) is 11.6 Å². The number of nitrogen functional groups attached to an aromatic ring is 1. The molecule has 102 valence electrons. The molecule has 8 nitrogen and oxygen atoms in total. The second-order valence-corrected chi connectivity index (χ2v) is 5.23. The van der Waals surface area contributed by atoms with E-state index in [1.54, 1.807) is 0 Å². The molecule has 2 aromatic heterocycles. The fourth-order valence-corrected chi connectivity index (χ4v) is 2.54. The van der Waals surface area contributed by atoms with Crippen molar-refractivity contribution in [3.8, 4) is 0 Å². The molecule has 0 amide bonds. The molecule has 0 spiro atoms. The van der Waals surface area contributed by atoms with Gasteiger partial charge in [0.05, 0.1) is 11.2 Å². The van der Waals surface area contributed by atoms with Gasteiger partial charge < -0.3 is 0 Å². The Hall–Kier alpha value is -1.58. The molecule has 0 aromatic carbocycles. The lowest BCUT2D eigenvalue weighted by atomic mass is 10.4. The van der Waals surface area contributed by atoms with Gasteiger partial charge in [0.2, 0.25) is 5.95 Å². The Balaban J connectivity index is 2.39. The highest BCUT2D eigenvalue weighted by Gasteiger charge is 2.15. The first kappa shape index (κ1) is 13.8. The van der Waals surface area contributed by atoms with Crippen molar-refractivity contribution < 1.29 is 0 Å². The summed E-state index contributed by atoms with van der Waals surface area (Å²) < 4.78 is 1.51. The molecule has 2 heterocycles. The van der Waals surface area contributed by atoms with Gasteiger partial charge in [-0.15, -0.1) is 5.10 Å². The van der Waals surface area contributed by atoms with Gasteiger partial charge in [0.25, 0.3) is 0 Å². The minimum absolute atomic E-state index is 0.0264. The summed E-state index contributed by atoms with van der Waals surface area (Å²) in [4.78, 5) is 19.6. The van der Waals surface area contributed by atoms with E-state index in [0.717, 1.165) is 11.8 Å². The fraction of sp³-hybridized carbons (Fsp3) is 0.333. The Morgan fingerprint density at radius 2 is 2.32 bits per heavy atom. The van der Waals surface area contributed by atoms with Crippen molar-refractivity contribution in [1.29, 1.82) is 0 Å². The van der Waals surface area contributed by atoms with Crippen LogP contribution in [0, 0.1) is 0 Å². The third-order valence-corrected chi connectivity index (χ3v) is 3.58. The zero-order valence-corrected chi connectivity index (χ0v) is 11.8. The van der Waals surface area contributed by atoms with Crippen LogP contribution in [-0.2, 0) is 0 Å². The van der Waals surface area contributed by atoms with Crippen LogP contribution in [0.25, 0.3) is 0 Å². The molecule has 0 unspecified atom stereocenters. The number of hydrazine groups is 1. The lowest BCUT2D eigenvalue weighted by molar-refractivity contribution is 0.534. The molecule has 0 aliphatic heterocycles. The van der Waals surface area contributed by atoms with E-state index in [9.17, 15) is 4.79 Å². The van der Waals surface area contributed by atoms with Crippen LogP contribution in [0.4, 0.5) is 5.95 Å². The zero-order chi connectivity index (χ0) is 14.0. The number of aromatic amines is 1. The van der Waals surface area contributed by atoms with Crippen molar-refractivity contribution in [2.45, 2.75) is 30.1 Å². The summed E-state index contributed by atoms with van der Waals surface area (Å²) in [5.74, 6) is 5.48. The van der Waals surface area contributed by atoms with Crippen LogP contribution in [0.5, 0.6) is 0 Å². The van der Waals surface area contributed by atoms with Gasteiger partial charge in [-0.25, -0.2) is 25.7 Å². The molecular formula is C9H12ClN7OS. The molecule has 0 atom stereocenters. The summed E-state index contributed by atoms with van der Waals surface area (Å²) in [7, 11) is 0. The molecule has 0 aliphatic carbocycles. The number of nitrogens with one attached hydrogen (secondary N) is 2. The molecule has 0 aliphatic rings. The first-order valence-corrected chi connectivity index (χ1v) is 6.56. The average molecular weight is 302 g/mol. The number of rotatable bonds is 4. The quantitative estimate of drug-likeness (QED) is 0.439. The van der Waals surface area contributed by atoms with E-state index >= 15 is 0 Å². The monoisotopic (exact) mass is 301 g/mol. The lowest BCUT2D eigenvalue weighted by Gasteiger charge is -2.09. The molecule has 4 N–H and O–H groups in total. The Morgan fingerprint density at radius 1 is 1.58 bits per heavy atom. The van der Waals surface area contributed by atoms with E-state index in [4.69, 9.17) is 17.4 Å². The van der Waals surface area contributed by atoms with Gasteiger partial charge in [-0.3, -0.25) is 9.99 Å². The van der Waals surface area contributed by atoms with Crippen LogP contribution in [0.15, 0.2) is 21.2 Å². The highest BCUT2D eigenvalue weighted by molar-refractivity contribution is 7.99. The number of halogens is 1. The topological polar surface area (TPSA) is 115 Å². The van der Waals surface area contributed by atoms with Crippen LogP contribution in [0.2, 0.25) is 5.02 Å². The van der Waals surface area contributed by atoms with E-state index in [2.05, 4.69) is 25.6 Å². The van der Waals surface area contributed by atoms with Crippen molar-refractivity contribution in [3.05, 3.63) is 21.7 Å². The molecule has 2 rings (SSSR count). The summed E-state index contributed by atoms with van der Waals surface area (Å²) in [5.41, 5.74) is 2.05. The molecule has 0 saturated heterocycles. The summed E-state index contributed by atoms with van der Waals surface area (Å²) >= 11 is 7.16. The van der Waals surface area contributed by atoms with Gasteiger partial charge >= 0.3 is 5.69 Å². The predicted molar refractivity (Wildman–Crippen MR) is 72.2 cm³/mol. The Morgan fingerprint density at radius 3 is 2.95 bits per heavy atom. The van der Waals surface area contributed by atoms with Crippen LogP contribution >= 0.6 is 23.4 Å². The second-order valence-electron chi connectivity index (χ2n) is 3.87. The van der Waals surface area contributed by atoms with Crippen LogP contribution in [0.1, 0.15) is 19.9 Å². The molecule has 0 saturated carbocycles. The molecule has 2 aromatic rings. The third-order valence-electron chi connectivity index (χ3n) is 2.22. The van der Waals surface area contributed by atoms with Gasteiger partial charge in [0, 0.05) is 6.04 Å². The standard InChI is InChI=1S/C9H12ClN7OS/c1-4(2)17-8(18)15-16-9(17)19-6-5(10)3-12-7(13-6)14-11/h3-4H,11H2,1-2H3,(H,15,18)(H,12,13,14). The minimum Gasteiger partial charge on any atom is -0.292 e. The number of nitrogens with two attached hydrogens (primary N) is 1. The van der Waals surface area contributed by atoms with Gasteiger partial charge in [-0.05, 0) is 25.6 Å². The lowest BCUT2D eigenvalue weighted by Crippen LogP contribution is -2.19. The first-order valence-electron chi connectivity index (χ1n) is 5.37. The minimum atomic E-state index is -0.278. The van der Waals surface area contributed by atoms with Gasteiger partial charge in [0.1, 0.15) is 5.03 Å². The molecule has 0 radical (unpaired) electrons. The average Bonchev–Trinajstić information content (AvgIpc) is 2.73. The largest absolute Gasteiger partial charge is 0.344 e. The maximum absolute atomic E-state index is 11.6. The van der Waals surface area contributed by atoms with Crippen molar-refractivity contribution in [2.24, 2.45) is 5.84 Å². The smallest absolute Gasteiger partial charge is 0.292 e. The fourth-order valence-electron chi connectivity index (χ4n) is 1.40. The molecule has 0 fully saturated rings. The Labute approximate surface area is 117 Å². The van der Waals surface area contributed by atoms with Crippen molar-refractivity contribution >= 4 is 29.3 Å². The number of aromatic nitrogens is 5. The first-order chi connectivity index (χ1) is 9.02. The zero-order valence-electron chi connectivity index (χ0n) is 10.2. The van der Waals surface area contributed by atoms with Crippen LogP contribution < -0.4 is 17.0 Å². The maximum atomic E-state index is 11.6. The number of nitrogens with zero attached hydrogens (tertiary/aromatic N) is 4. The predicted octanol–water partition coefficient (Wildman–Crippen LogP) is 1.03. The molecule has 0 bridgehead atoms. The molecule has 10 heteroatoms. The third kappa shape index (κ3) is 2.88. The molecular weight excluding hydrogens is 290 g/mol. The SMILES string of the molecule is CC(C)n1c(Sc2nc(NN)ncc2Cl)n[nH]c1=O. The summed E-state index contributed by atoms with van der Waals surface area (Å²) in [6, 6.07) is -0.0264. The number of hydrogen-bond donors (Lipinski definition) is 3. The van der Waals surface area contributed by atoms with Crippen molar-refractivity contribution in [3.63, 3.8) is 0 Å². The number of anilines is 1. The summed E-state index contributed by atoms with van der Waals surface area (Å²) in [5, 5.41) is 7.64. The van der Waals surface area contributed by atoms with Crippen LogP contribution in [0.3, 0.4) is 0 Å². The van der Waals surface area contributed by atoms with E-state index in [-0.39, 0.29) is 17.7 Å². The van der Waals surface area contributed by atoms with E-state index in [1.165, 1.54) is 10.8 Å². The highest BCUT2D eigenvalue weighted by Crippen LogP contribution is 2.30. The van der Waals surface area contributed by atoms with Crippen molar-refractivity contribution in [1.82, 2.24) is 24.7 Å². The van der Waals surface area contributed by atoms with Crippen LogP contribution in [-0.4, -0.2) is 24.7 Å². The van der Waals surface area contributed by atoms with Gasteiger partial charge in [0.15, 0.2) is 5.16 Å². The van der Waals surface area contributed by atoms with E-state index in [0.29, 0.717) is 15.2 Å². The van der Waals surface area contributed by atoms with E-state index < -0.39 is 0 Å². The number of hydrogen-bond acceptors (Lipinski definition) is 7. The normalized spacial score (nSPS) is 11.0.